The van der Waals surface area contributed by atoms with Gasteiger partial charge in [-0.2, -0.15) is 5.10 Å². The van der Waals surface area contributed by atoms with E-state index in [9.17, 15) is 4.79 Å². The van der Waals surface area contributed by atoms with Crippen molar-refractivity contribution in [2.24, 2.45) is 0 Å². The molecule has 2 aromatic rings. The summed E-state index contributed by atoms with van der Waals surface area (Å²) in [6.45, 7) is 7.67. The minimum atomic E-state index is -0.365. The standard InChI is InChI=1S/C23H33N5O4/c1-23(2,3)28-21-13-17(27-28)15-6-7-16(12-15)32-22(29)24-10-5-11-31-14-18-19(30-4)8-9-20(25-18)26-21/h8-9,13,15-16H,5-7,10-12,14H2,1-4H3,(H,24,29)(H,25,26)/t15-,16+/m0/s1. The van der Waals surface area contributed by atoms with Crippen molar-refractivity contribution in [3.8, 4) is 5.75 Å². The molecule has 3 heterocycles. The van der Waals surface area contributed by atoms with Gasteiger partial charge in [-0.25, -0.2) is 14.5 Å². The zero-order valence-electron chi connectivity index (χ0n) is 19.3. The van der Waals surface area contributed by atoms with Crippen molar-refractivity contribution < 1.29 is 19.0 Å². The molecule has 1 amide bonds. The summed E-state index contributed by atoms with van der Waals surface area (Å²) in [5, 5.41) is 11.2. The maximum Gasteiger partial charge on any atom is 0.407 e. The quantitative estimate of drug-likeness (QED) is 0.685. The van der Waals surface area contributed by atoms with Crippen LogP contribution in [-0.4, -0.2) is 47.2 Å². The Morgan fingerprint density at radius 3 is 2.88 bits per heavy atom. The van der Waals surface area contributed by atoms with Crippen LogP contribution in [0, 0.1) is 0 Å². The molecule has 9 nitrogen and oxygen atoms in total. The highest BCUT2D eigenvalue weighted by Gasteiger charge is 2.32. The Kier molecular flexibility index (Phi) is 6.55. The van der Waals surface area contributed by atoms with Gasteiger partial charge in [0.25, 0.3) is 0 Å². The van der Waals surface area contributed by atoms with Gasteiger partial charge in [0, 0.05) is 25.1 Å². The van der Waals surface area contributed by atoms with Gasteiger partial charge in [0.15, 0.2) is 0 Å². The van der Waals surface area contributed by atoms with Crippen LogP contribution in [0.4, 0.5) is 16.4 Å². The Labute approximate surface area is 188 Å². The number of pyridine rings is 1. The molecule has 0 radical (unpaired) electrons. The molecule has 2 aromatic heterocycles. The average molecular weight is 444 g/mol. The third-order valence-corrected chi connectivity index (χ3v) is 5.82. The van der Waals surface area contributed by atoms with E-state index in [1.54, 1.807) is 7.11 Å². The highest BCUT2D eigenvalue weighted by atomic mass is 16.6. The number of alkyl carbamates (subject to hydrolysis) is 1. The van der Waals surface area contributed by atoms with Gasteiger partial charge in [-0.05, 0) is 58.6 Å². The molecular weight excluding hydrogens is 410 g/mol. The van der Waals surface area contributed by atoms with Gasteiger partial charge in [0.2, 0.25) is 0 Å². The molecule has 1 saturated carbocycles. The maximum absolute atomic E-state index is 12.1. The number of anilines is 2. The number of rotatable bonds is 1. The summed E-state index contributed by atoms with van der Waals surface area (Å²) in [6.07, 6.45) is 2.80. The largest absolute Gasteiger partial charge is 0.495 e. The first-order valence-electron chi connectivity index (χ1n) is 11.3. The number of methoxy groups -OCH3 is 1. The highest BCUT2D eigenvalue weighted by molar-refractivity contribution is 5.67. The van der Waals surface area contributed by atoms with E-state index in [1.807, 2.05) is 16.8 Å². The Hall–Kier alpha value is -2.81. The van der Waals surface area contributed by atoms with E-state index < -0.39 is 0 Å². The van der Waals surface area contributed by atoms with Crippen molar-refractivity contribution >= 4 is 17.7 Å². The molecule has 0 aromatic carbocycles. The van der Waals surface area contributed by atoms with Crippen LogP contribution in [0.5, 0.6) is 5.75 Å². The SMILES string of the molecule is COc1ccc2nc1COCCCNC(=O)O[C@@H]1CC[C@@H](C1)c1cc(n(C(C)(C)C)n1)N2. The number of nitrogens with zero attached hydrogens (tertiary/aromatic N) is 3. The topological polar surface area (TPSA) is 99.5 Å². The van der Waals surface area contributed by atoms with Gasteiger partial charge in [-0.1, -0.05) is 0 Å². The predicted molar refractivity (Wildman–Crippen MR) is 120 cm³/mol. The van der Waals surface area contributed by atoms with E-state index in [0.29, 0.717) is 43.4 Å². The van der Waals surface area contributed by atoms with Crippen molar-refractivity contribution in [3.05, 3.63) is 29.6 Å². The van der Waals surface area contributed by atoms with Crippen LogP contribution in [-0.2, 0) is 21.6 Å². The van der Waals surface area contributed by atoms with Gasteiger partial charge in [0.1, 0.15) is 29.2 Å². The molecule has 2 atom stereocenters. The van der Waals surface area contributed by atoms with Crippen LogP contribution < -0.4 is 15.4 Å². The van der Waals surface area contributed by atoms with E-state index in [2.05, 4.69) is 37.5 Å². The number of aromatic nitrogens is 3. The summed E-state index contributed by atoms with van der Waals surface area (Å²) in [5.41, 5.74) is 1.50. The Morgan fingerprint density at radius 1 is 1.25 bits per heavy atom. The fourth-order valence-corrected chi connectivity index (χ4v) is 4.22. The van der Waals surface area contributed by atoms with Crippen LogP contribution in [0.2, 0.25) is 0 Å². The van der Waals surface area contributed by atoms with Crippen LogP contribution in [0.15, 0.2) is 18.2 Å². The number of hydrogen-bond acceptors (Lipinski definition) is 7. The molecule has 2 aliphatic rings. The predicted octanol–water partition coefficient (Wildman–Crippen LogP) is 4.07. The maximum atomic E-state index is 12.1. The normalized spacial score (nSPS) is 22.2. The number of ether oxygens (including phenoxy) is 3. The number of fused-ring (bicyclic) bond motifs is 7. The van der Waals surface area contributed by atoms with Crippen molar-refractivity contribution in [3.63, 3.8) is 0 Å². The fraction of sp³-hybridized carbons (Fsp3) is 0.609. The van der Waals surface area contributed by atoms with E-state index in [4.69, 9.17) is 24.3 Å². The third-order valence-electron chi connectivity index (χ3n) is 5.82. The highest BCUT2D eigenvalue weighted by Crippen LogP contribution is 2.38. The second-order valence-electron chi connectivity index (χ2n) is 9.38. The Bertz CT molecular complexity index is 952. The van der Waals surface area contributed by atoms with Crippen LogP contribution in [0.1, 0.15) is 63.8 Å². The van der Waals surface area contributed by atoms with Gasteiger partial charge < -0.3 is 24.8 Å². The molecule has 174 valence electrons. The lowest BCUT2D eigenvalue weighted by molar-refractivity contribution is 0.0953. The van der Waals surface area contributed by atoms with Gasteiger partial charge in [-0.3, -0.25) is 0 Å². The number of amides is 1. The smallest absolute Gasteiger partial charge is 0.407 e. The van der Waals surface area contributed by atoms with E-state index in [-0.39, 0.29) is 23.7 Å². The van der Waals surface area contributed by atoms with Crippen molar-refractivity contribution in [1.82, 2.24) is 20.1 Å². The average Bonchev–Trinajstić information content (AvgIpc) is 3.37. The molecule has 1 fully saturated rings. The minimum Gasteiger partial charge on any atom is -0.495 e. The van der Waals surface area contributed by atoms with E-state index >= 15 is 0 Å². The summed E-state index contributed by atoms with van der Waals surface area (Å²) >= 11 is 0. The van der Waals surface area contributed by atoms with Crippen LogP contribution in [0.25, 0.3) is 0 Å². The first-order valence-corrected chi connectivity index (χ1v) is 11.3. The molecule has 32 heavy (non-hydrogen) atoms. The fourth-order valence-electron chi connectivity index (χ4n) is 4.22. The number of carbonyl (C=O) groups is 1. The number of nitrogens with one attached hydrogen (secondary N) is 2. The molecular formula is C23H33N5O4. The molecule has 2 N–H and O–H groups in total. The van der Waals surface area contributed by atoms with Gasteiger partial charge in [-0.15, -0.1) is 0 Å². The molecule has 1 aliphatic carbocycles. The molecule has 0 spiro atoms. The van der Waals surface area contributed by atoms with Crippen molar-refractivity contribution in [2.75, 3.05) is 25.6 Å². The third kappa shape index (κ3) is 5.15. The zero-order chi connectivity index (χ0) is 22.7. The first kappa shape index (κ1) is 22.4. The zero-order valence-corrected chi connectivity index (χ0v) is 19.3. The Morgan fingerprint density at radius 2 is 2.09 bits per heavy atom. The lowest BCUT2D eigenvalue weighted by atomic mass is 10.0. The molecule has 1 aliphatic heterocycles. The molecule has 0 unspecified atom stereocenters. The molecule has 0 saturated heterocycles. The monoisotopic (exact) mass is 443 g/mol. The second-order valence-corrected chi connectivity index (χ2v) is 9.38. The van der Waals surface area contributed by atoms with Gasteiger partial charge >= 0.3 is 6.09 Å². The first-order chi connectivity index (χ1) is 15.3. The van der Waals surface area contributed by atoms with E-state index in [1.165, 1.54) is 0 Å². The number of hydrogen-bond donors (Lipinski definition) is 2. The summed E-state index contributed by atoms with van der Waals surface area (Å²) in [7, 11) is 1.62. The lowest BCUT2D eigenvalue weighted by Crippen LogP contribution is -2.29. The Balaban J connectivity index is 1.67. The van der Waals surface area contributed by atoms with Crippen LogP contribution in [0.3, 0.4) is 0 Å². The van der Waals surface area contributed by atoms with Crippen molar-refractivity contribution in [2.45, 2.75) is 70.6 Å². The summed E-state index contributed by atoms with van der Waals surface area (Å²) < 4.78 is 18.9. The minimum absolute atomic E-state index is 0.0860. The number of carbonyl (C=O) groups excluding carboxylic acids is 1. The van der Waals surface area contributed by atoms with Gasteiger partial charge in [0.05, 0.1) is 24.9 Å². The lowest BCUT2D eigenvalue weighted by Gasteiger charge is -2.23. The molecule has 9 heteroatoms. The molecule has 4 rings (SSSR count). The van der Waals surface area contributed by atoms with E-state index in [0.717, 1.165) is 30.8 Å². The summed E-state index contributed by atoms with van der Waals surface area (Å²) in [6, 6.07) is 5.88. The summed E-state index contributed by atoms with van der Waals surface area (Å²) in [4.78, 5) is 16.9. The van der Waals surface area contributed by atoms with Crippen molar-refractivity contribution in [1.29, 1.82) is 0 Å². The second kappa shape index (κ2) is 9.36. The summed E-state index contributed by atoms with van der Waals surface area (Å²) in [5.74, 6) is 2.51. The molecule has 6 bridgehead atoms. The van der Waals surface area contributed by atoms with Crippen LogP contribution >= 0.6 is 0 Å².